The molecule has 5 nitrogen and oxygen atoms in total. The number of benzene rings is 1. The Morgan fingerprint density at radius 2 is 2.26 bits per heavy atom. The molecule has 1 atom stereocenters. The Morgan fingerprint density at radius 1 is 1.47 bits per heavy atom. The molecule has 2 N–H and O–H groups in total. The minimum absolute atomic E-state index is 0.129. The van der Waals surface area contributed by atoms with Gasteiger partial charge in [0, 0.05) is 18.3 Å². The zero-order valence-electron chi connectivity index (χ0n) is 10.7. The van der Waals surface area contributed by atoms with Gasteiger partial charge < -0.3 is 10.6 Å². The van der Waals surface area contributed by atoms with Gasteiger partial charge in [-0.25, -0.2) is 4.79 Å². The van der Waals surface area contributed by atoms with Crippen LogP contribution in [0.2, 0.25) is 5.02 Å². The quantitative estimate of drug-likeness (QED) is 0.907. The monoisotopic (exact) mass is 278 g/mol. The number of amides is 2. The standard InChI is InChI=1S/C13H15ClN4O/c1-9(10-4-3-5-11(14)6-10)16-13(19)17-12-7-15-18(2)8-12/h3-9H,1-2H3,(H2,16,17,19)/t9-/m1/s1. The predicted molar refractivity (Wildman–Crippen MR) is 75.2 cm³/mol. The third kappa shape index (κ3) is 3.72. The van der Waals surface area contributed by atoms with E-state index in [1.54, 1.807) is 30.2 Å². The fourth-order valence-electron chi connectivity index (χ4n) is 1.71. The fraction of sp³-hybridized carbons (Fsp3) is 0.231. The van der Waals surface area contributed by atoms with E-state index in [1.807, 2.05) is 25.1 Å². The topological polar surface area (TPSA) is 59.0 Å². The third-order valence-corrected chi connectivity index (χ3v) is 2.89. The lowest BCUT2D eigenvalue weighted by Gasteiger charge is -2.14. The van der Waals surface area contributed by atoms with E-state index < -0.39 is 0 Å². The minimum atomic E-state index is -0.277. The first-order valence-electron chi connectivity index (χ1n) is 5.86. The van der Waals surface area contributed by atoms with Crippen LogP contribution in [-0.4, -0.2) is 15.8 Å². The van der Waals surface area contributed by atoms with Gasteiger partial charge in [-0.05, 0) is 24.6 Å². The first kappa shape index (κ1) is 13.4. The second-order valence-corrected chi connectivity index (χ2v) is 4.71. The third-order valence-electron chi connectivity index (χ3n) is 2.66. The molecule has 1 aromatic heterocycles. The van der Waals surface area contributed by atoms with E-state index in [0.29, 0.717) is 10.7 Å². The molecular weight excluding hydrogens is 264 g/mol. The lowest BCUT2D eigenvalue weighted by molar-refractivity contribution is 0.249. The van der Waals surface area contributed by atoms with Crippen molar-refractivity contribution in [1.29, 1.82) is 0 Å². The molecule has 0 aliphatic carbocycles. The molecule has 19 heavy (non-hydrogen) atoms. The second kappa shape index (κ2) is 5.75. The molecular formula is C13H15ClN4O. The molecule has 2 aromatic rings. The lowest BCUT2D eigenvalue weighted by Crippen LogP contribution is -2.31. The number of urea groups is 1. The van der Waals surface area contributed by atoms with Gasteiger partial charge in [-0.2, -0.15) is 5.10 Å². The van der Waals surface area contributed by atoms with Gasteiger partial charge in [0.05, 0.1) is 17.9 Å². The first-order valence-corrected chi connectivity index (χ1v) is 6.24. The van der Waals surface area contributed by atoms with Gasteiger partial charge in [0.15, 0.2) is 0 Å². The van der Waals surface area contributed by atoms with Crippen molar-refractivity contribution in [2.24, 2.45) is 7.05 Å². The summed E-state index contributed by atoms with van der Waals surface area (Å²) in [5.41, 5.74) is 1.60. The fourth-order valence-corrected chi connectivity index (χ4v) is 1.91. The molecule has 6 heteroatoms. The largest absolute Gasteiger partial charge is 0.331 e. The van der Waals surface area contributed by atoms with E-state index in [9.17, 15) is 4.79 Å². The molecule has 0 aliphatic rings. The first-order chi connectivity index (χ1) is 9.04. The summed E-state index contributed by atoms with van der Waals surface area (Å²) in [5, 5.41) is 10.2. The van der Waals surface area contributed by atoms with Crippen molar-refractivity contribution in [3.63, 3.8) is 0 Å². The van der Waals surface area contributed by atoms with Crippen LogP contribution in [0.1, 0.15) is 18.5 Å². The number of nitrogens with one attached hydrogen (secondary N) is 2. The molecule has 0 radical (unpaired) electrons. The molecule has 0 saturated carbocycles. The van der Waals surface area contributed by atoms with Crippen LogP contribution < -0.4 is 10.6 Å². The van der Waals surface area contributed by atoms with Crippen molar-refractivity contribution in [2.45, 2.75) is 13.0 Å². The van der Waals surface area contributed by atoms with E-state index in [1.165, 1.54) is 0 Å². The Morgan fingerprint density at radius 3 is 2.89 bits per heavy atom. The zero-order chi connectivity index (χ0) is 13.8. The minimum Gasteiger partial charge on any atom is -0.331 e. The summed E-state index contributed by atoms with van der Waals surface area (Å²) >= 11 is 5.92. The number of hydrogen-bond donors (Lipinski definition) is 2. The molecule has 1 aromatic carbocycles. The van der Waals surface area contributed by atoms with E-state index >= 15 is 0 Å². The van der Waals surface area contributed by atoms with Crippen molar-refractivity contribution in [3.05, 3.63) is 47.2 Å². The maximum absolute atomic E-state index is 11.8. The Balaban J connectivity index is 1.95. The highest BCUT2D eigenvalue weighted by Crippen LogP contribution is 2.17. The second-order valence-electron chi connectivity index (χ2n) is 4.28. The maximum atomic E-state index is 11.8. The van der Waals surface area contributed by atoms with Gasteiger partial charge in [-0.15, -0.1) is 0 Å². The summed E-state index contributed by atoms with van der Waals surface area (Å²) in [6.45, 7) is 1.90. The number of carbonyl (C=O) groups excluding carboxylic acids is 1. The summed E-state index contributed by atoms with van der Waals surface area (Å²) in [6.07, 6.45) is 3.31. The van der Waals surface area contributed by atoms with E-state index in [0.717, 1.165) is 5.56 Å². The van der Waals surface area contributed by atoms with Crippen molar-refractivity contribution in [1.82, 2.24) is 15.1 Å². The summed E-state index contributed by atoms with van der Waals surface area (Å²) in [5.74, 6) is 0. The molecule has 100 valence electrons. The van der Waals surface area contributed by atoms with Crippen LogP contribution in [0.4, 0.5) is 10.5 Å². The SMILES string of the molecule is C[C@@H](NC(=O)Nc1cnn(C)c1)c1cccc(Cl)c1. The van der Waals surface area contributed by atoms with Crippen molar-refractivity contribution in [2.75, 3.05) is 5.32 Å². The number of carbonyl (C=O) groups is 1. The number of aryl methyl sites for hydroxylation is 1. The van der Waals surface area contributed by atoms with Crippen LogP contribution in [0.3, 0.4) is 0 Å². The van der Waals surface area contributed by atoms with Gasteiger partial charge in [0.1, 0.15) is 0 Å². The molecule has 0 spiro atoms. The van der Waals surface area contributed by atoms with Gasteiger partial charge in [-0.3, -0.25) is 4.68 Å². The van der Waals surface area contributed by atoms with Crippen LogP contribution in [-0.2, 0) is 7.05 Å². The van der Waals surface area contributed by atoms with Crippen molar-refractivity contribution in [3.8, 4) is 0 Å². The number of halogens is 1. The highest BCUT2D eigenvalue weighted by molar-refractivity contribution is 6.30. The summed E-state index contributed by atoms with van der Waals surface area (Å²) < 4.78 is 1.62. The van der Waals surface area contributed by atoms with Crippen LogP contribution in [0.25, 0.3) is 0 Å². The Hall–Kier alpha value is -2.01. The molecule has 1 heterocycles. The van der Waals surface area contributed by atoms with Crippen LogP contribution in [0.15, 0.2) is 36.7 Å². The van der Waals surface area contributed by atoms with Gasteiger partial charge >= 0.3 is 6.03 Å². The molecule has 0 bridgehead atoms. The number of nitrogens with zero attached hydrogens (tertiary/aromatic N) is 2. The molecule has 0 fully saturated rings. The van der Waals surface area contributed by atoms with Gasteiger partial charge in [-0.1, -0.05) is 23.7 Å². The number of aromatic nitrogens is 2. The lowest BCUT2D eigenvalue weighted by atomic mass is 10.1. The molecule has 0 saturated heterocycles. The predicted octanol–water partition coefficient (Wildman–Crippen LogP) is 2.96. The normalized spacial score (nSPS) is 11.9. The Kier molecular flexibility index (Phi) is 4.06. The molecule has 0 aliphatic heterocycles. The van der Waals surface area contributed by atoms with Crippen LogP contribution in [0.5, 0.6) is 0 Å². The van der Waals surface area contributed by atoms with Crippen LogP contribution >= 0.6 is 11.6 Å². The van der Waals surface area contributed by atoms with Gasteiger partial charge in [0.2, 0.25) is 0 Å². The summed E-state index contributed by atoms with van der Waals surface area (Å²) in [7, 11) is 1.79. The highest BCUT2D eigenvalue weighted by Gasteiger charge is 2.10. The Labute approximate surface area is 116 Å². The smallest absolute Gasteiger partial charge is 0.319 e. The molecule has 2 rings (SSSR count). The average molecular weight is 279 g/mol. The van der Waals surface area contributed by atoms with E-state index in [-0.39, 0.29) is 12.1 Å². The van der Waals surface area contributed by atoms with Gasteiger partial charge in [0.25, 0.3) is 0 Å². The van der Waals surface area contributed by atoms with Crippen molar-refractivity contribution >= 4 is 23.3 Å². The summed E-state index contributed by atoms with van der Waals surface area (Å²) in [6, 6.07) is 7.00. The number of anilines is 1. The Bertz CT molecular complexity index is 582. The zero-order valence-corrected chi connectivity index (χ0v) is 11.5. The number of rotatable bonds is 3. The maximum Gasteiger partial charge on any atom is 0.319 e. The summed E-state index contributed by atoms with van der Waals surface area (Å²) in [4.78, 5) is 11.8. The molecule has 2 amide bonds. The average Bonchev–Trinajstić information content (AvgIpc) is 2.74. The van der Waals surface area contributed by atoms with Crippen LogP contribution in [0, 0.1) is 0 Å². The van der Waals surface area contributed by atoms with Crippen molar-refractivity contribution < 1.29 is 4.79 Å². The highest BCUT2D eigenvalue weighted by atomic mass is 35.5. The van der Waals surface area contributed by atoms with E-state index in [4.69, 9.17) is 11.6 Å². The number of hydrogen-bond acceptors (Lipinski definition) is 2. The van der Waals surface area contributed by atoms with E-state index in [2.05, 4.69) is 15.7 Å². The molecule has 0 unspecified atom stereocenters.